The molecule has 2 rings (SSSR count). The van der Waals surface area contributed by atoms with E-state index in [1.807, 2.05) is 0 Å². The molecular weight excluding hydrogens is 374 g/mol. The summed E-state index contributed by atoms with van der Waals surface area (Å²) >= 11 is 11.5. The molecule has 2 aromatic rings. The van der Waals surface area contributed by atoms with Crippen molar-refractivity contribution in [3.63, 3.8) is 0 Å². The minimum Gasteiger partial charge on any atom is -0.358 e. The first kappa shape index (κ1) is 17.5. The van der Waals surface area contributed by atoms with Gasteiger partial charge >= 0.3 is 12.0 Å². The Hall–Kier alpha value is -2.82. The number of nitro groups is 1. The highest BCUT2D eigenvalue weighted by atomic mass is 35.5. The van der Waals surface area contributed by atoms with Crippen LogP contribution in [0.3, 0.4) is 0 Å². The molecule has 0 saturated heterocycles. The van der Waals surface area contributed by atoms with E-state index in [9.17, 15) is 23.3 Å². The van der Waals surface area contributed by atoms with Crippen molar-refractivity contribution in [1.82, 2.24) is 9.78 Å². The molecule has 1 aromatic heterocycles. The van der Waals surface area contributed by atoms with Gasteiger partial charge in [0.2, 0.25) is 5.69 Å². The lowest BCUT2D eigenvalue weighted by molar-refractivity contribution is -0.391. The van der Waals surface area contributed by atoms with Crippen LogP contribution in [0.4, 0.5) is 19.0 Å². The van der Waals surface area contributed by atoms with Gasteiger partial charge in [-0.25, -0.2) is 0 Å². The zero-order chi connectivity index (χ0) is 18.2. The number of nitriles is 2. The Kier molecular flexibility index (Phi) is 4.38. The summed E-state index contributed by atoms with van der Waals surface area (Å²) in [6.07, 6.45) is -4.74. The zero-order valence-electron chi connectivity index (χ0n) is 11.1. The van der Waals surface area contributed by atoms with Crippen LogP contribution in [-0.2, 0) is 6.18 Å². The van der Waals surface area contributed by atoms with Crippen LogP contribution in [-0.4, -0.2) is 14.7 Å². The van der Waals surface area contributed by atoms with E-state index >= 15 is 0 Å². The van der Waals surface area contributed by atoms with E-state index in [0.717, 1.165) is 0 Å². The van der Waals surface area contributed by atoms with Crippen molar-refractivity contribution in [1.29, 1.82) is 10.5 Å². The van der Waals surface area contributed by atoms with E-state index in [1.165, 1.54) is 12.1 Å². The van der Waals surface area contributed by atoms with E-state index in [4.69, 9.17) is 33.7 Å². The summed E-state index contributed by atoms with van der Waals surface area (Å²) < 4.78 is 38.7. The van der Waals surface area contributed by atoms with Crippen molar-refractivity contribution in [2.75, 3.05) is 0 Å². The van der Waals surface area contributed by atoms with E-state index in [2.05, 4.69) is 5.10 Å². The van der Waals surface area contributed by atoms with Crippen LogP contribution < -0.4 is 0 Å². The van der Waals surface area contributed by atoms with Crippen LogP contribution in [0.15, 0.2) is 12.1 Å². The average molecular weight is 376 g/mol. The van der Waals surface area contributed by atoms with E-state index in [1.54, 1.807) is 0 Å². The van der Waals surface area contributed by atoms with Gasteiger partial charge in [0.05, 0.1) is 15.6 Å². The largest absolute Gasteiger partial charge is 0.416 e. The Labute approximate surface area is 141 Å². The lowest BCUT2D eigenvalue weighted by Crippen LogP contribution is -2.08. The van der Waals surface area contributed by atoms with E-state index in [0.29, 0.717) is 16.8 Å². The van der Waals surface area contributed by atoms with Crippen molar-refractivity contribution in [3.8, 4) is 17.8 Å². The van der Waals surface area contributed by atoms with Crippen molar-refractivity contribution < 1.29 is 18.1 Å². The summed E-state index contributed by atoms with van der Waals surface area (Å²) in [5.74, 6) is -0.933. The summed E-state index contributed by atoms with van der Waals surface area (Å²) in [6, 6.07) is 3.94. The SMILES string of the molecule is N#Cc1nn(-c2c(Cl)cc(C(F)(F)F)cc2Cl)c([N+](=O)[O-])c1C#N. The quantitative estimate of drug-likeness (QED) is 0.584. The molecule has 0 aliphatic heterocycles. The first-order valence-electron chi connectivity index (χ1n) is 5.76. The summed E-state index contributed by atoms with van der Waals surface area (Å²) in [6.45, 7) is 0. The molecule has 1 aromatic carbocycles. The number of nitrogens with zero attached hydrogens (tertiary/aromatic N) is 5. The summed E-state index contributed by atoms with van der Waals surface area (Å²) in [4.78, 5) is 10.2. The van der Waals surface area contributed by atoms with Gasteiger partial charge in [0.1, 0.15) is 12.1 Å². The van der Waals surface area contributed by atoms with E-state index in [-0.39, 0.29) is 0 Å². The predicted molar refractivity (Wildman–Crippen MR) is 74.7 cm³/mol. The maximum Gasteiger partial charge on any atom is 0.416 e. The molecular formula is C12H2Cl2F3N5O2. The number of benzene rings is 1. The summed E-state index contributed by atoms with van der Waals surface area (Å²) in [5, 5.41) is 31.4. The first-order chi connectivity index (χ1) is 11.1. The Bertz CT molecular complexity index is 917. The number of hydrogen-bond donors (Lipinski definition) is 0. The van der Waals surface area contributed by atoms with Crippen LogP contribution >= 0.6 is 23.2 Å². The van der Waals surface area contributed by atoms with Gasteiger partial charge in [0, 0.05) is 0 Å². The molecule has 0 spiro atoms. The first-order valence-corrected chi connectivity index (χ1v) is 6.51. The van der Waals surface area contributed by atoms with Gasteiger partial charge in [-0.05, 0) is 17.1 Å². The van der Waals surface area contributed by atoms with Gasteiger partial charge in [-0.3, -0.25) is 0 Å². The fraction of sp³-hybridized carbons (Fsp3) is 0.0833. The van der Waals surface area contributed by atoms with Gasteiger partial charge in [0.15, 0.2) is 11.3 Å². The standard InChI is InChI=1S/C12H2Cl2F3N5O2/c13-7-1-5(12(15,16)17)2-8(14)10(7)21-11(22(23)24)6(3-18)9(4-19)20-21/h1-2H. The molecule has 0 aliphatic carbocycles. The van der Waals surface area contributed by atoms with Crippen molar-refractivity contribution in [3.05, 3.63) is 49.1 Å². The van der Waals surface area contributed by atoms with Crippen LogP contribution in [0.1, 0.15) is 16.8 Å². The molecule has 0 aliphatic rings. The molecule has 0 radical (unpaired) electrons. The molecule has 12 heteroatoms. The lowest BCUT2D eigenvalue weighted by atomic mass is 10.2. The third-order valence-corrected chi connectivity index (χ3v) is 3.38. The second kappa shape index (κ2) is 6.00. The van der Waals surface area contributed by atoms with Crippen molar-refractivity contribution >= 4 is 29.0 Å². The molecule has 0 fully saturated rings. The highest BCUT2D eigenvalue weighted by Gasteiger charge is 2.36. The second-order valence-corrected chi connectivity index (χ2v) is 5.04. The van der Waals surface area contributed by atoms with Gasteiger partial charge in [0.25, 0.3) is 0 Å². The molecule has 24 heavy (non-hydrogen) atoms. The van der Waals surface area contributed by atoms with Crippen LogP contribution in [0.2, 0.25) is 10.0 Å². The molecule has 1 heterocycles. The Morgan fingerprint density at radius 3 is 2.12 bits per heavy atom. The molecule has 0 unspecified atom stereocenters. The molecule has 7 nitrogen and oxygen atoms in total. The van der Waals surface area contributed by atoms with Crippen molar-refractivity contribution in [2.45, 2.75) is 6.18 Å². The second-order valence-electron chi connectivity index (χ2n) is 4.23. The topological polar surface area (TPSA) is 109 Å². The van der Waals surface area contributed by atoms with Crippen LogP contribution in [0, 0.1) is 32.8 Å². The van der Waals surface area contributed by atoms with Crippen LogP contribution in [0.5, 0.6) is 0 Å². The number of hydrogen-bond acceptors (Lipinski definition) is 5. The highest BCUT2D eigenvalue weighted by molar-refractivity contribution is 6.37. The van der Waals surface area contributed by atoms with Gasteiger partial charge < -0.3 is 10.1 Å². The molecule has 0 atom stereocenters. The third-order valence-electron chi connectivity index (χ3n) is 2.81. The Morgan fingerprint density at radius 1 is 1.21 bits per heavy atom. The number of alkyl halides is 3. The normalized spacial score (nSPS) is 11.0. The predicted octanol–water partition coefficient (Wildman–Crippen LogP) is 3.85. The molecule has 0 N–H and O–H groups in total. The minimum atomic E-state index is -4.74. The zero-order valence-corrected chi connectivity index (χ0v) is 12.6. The number of rotatable bonds is 2. The average Bonchev–Trinajstić information content (AvgIpc) is 2.83. The number of halogens is 5. The monoisotopic (exact) mass is 375 g/mol. The van der Waals surface area contributed by atoms with Gasteiger partial charge in [-0.2, -0.15) is 23.7 Å². The van der Waals surface area contributed by atoms with E-state index < -0.39 is 49.5 Å². The molecule has 0 bridgehead atoms. The number of aromatic nitrogens is 2. The fourth-order valence-electron chi connectivity index (χ4n) is 1.85. The Balaban J connectivity index is 2.84. The smallest absolute Gasteiger partial charge is 0.358 e. The molecule has 0 saturated carbocycles. The Morgan fingerprint density at radius 2 is 1.75 bits per heavy atom. The molecule has 0 amide bonds. The lowest BCUT2D eigenvalue weighted by Gasteiger charge is -2.10. The third kappa shape index (κ3) is 2.85. The fourth-order valence-corrected chi connectivity index (χ4v) is 2.49. The summed E-state index contributed by atoms with van der Waals surface area (Å²) in [7, 11) is 0. The minimum absolute atomic E-state index is 0.448. The summed E-state index contributed by atoms with van der Waals surface area (Å²) in [5.41, 5.74) is -2.86. The molecule has 122 valence electrons. The van der Waals surface area contributed by atoms with Gasteiger partial charge in [-0.15, -0.1) is 0 Å². The van der Waals surface area contributed by atoms with Crippen molar-refractivity contribution in [2.24, 2.45) is 0 Å². The maximum atomic E-state index is 12.7. The highest BCUT2D eigenvalue weighted by Crippen LogP contribution is 2.39. The maximum absolute atomic E-state index is 12.7. The van der Waals surface area contributed by atoms with Gasteiger partial charge in [-0.1, -0.05) is 33.0 Å². The van der Waals surface area contributed by atoms with Crippen LogP contribution in [0.25, 0.3) is 5.69 Å².